The Hall–Kier alpha value is -5.82. The standard InChI is InChI=1S/C11H14O3.C10H12O3.C8H8O3.C7H6O3.C7H7.Na/c1-8(2)7-14-11(13)9-3-5-10(12)6-4-9;1-7(2)13-10(12)8-3-5-9(11)6-4-8;1-5-4-6(9)2-3-7(5)8(10)11;8-6-3-1-5(2-4-6)7(9)10;1-7-5-3-2-4-6-7;/h3-6,8,12H,7H2,1-2H3;3-7,11H,1-2H3;2-4,9H,1H3,(H,10,11);1-4,8H,(H,9,10);2-6H,1H2;. The van der Waals surface area contributed by atoms with Gasteiger partial charge in [0.15, 0.2) is 0 Å². The average Bonchev–Trinajstić information content (AvgIpc) is 3.15. The van der Waals surface area contributed by atoms with Crippen molar-refractivity contribution >= 4 is 51.8 Å². The van der Waals surface area contributed by atoms with Gasteiger partial charge in [0.1, 0.15) is 23.0 Å². The van der Waals surface area contributed by atoms with Gasteiger partial charge in [0.2, 0.25) is 0 Å². The van der Waals surface area contributed by atoms with Gasteiger partial charge >= 0.3 is 91.4 Å². The van der Waals surface area contributed by atoms with Crippen LogP contribution in [0.25, 0.3) is 0 Å². The van der Waals surface area contributed by atoms with Crippen molar-refractivity contribution in [2.75, 3.05) is 6.61 Å². The maximum atomic E-state index is 11.4. The topological polar surface area (TPSA) is 208 Å². The Bertz CT molecular complexity index is 1930. The summed E-state index contributed by atoms with van der Waals surface area (Å²) in [5.41, 5.74) is 3.35. The zero-order valence-electron chi connectivity index (χ0n) is 32.2. The molecular weight excluding hydrogens is 731 g/mol. The van der Waals surface area contributed by atoms with Gasteiger partial charge in [0.05, 0.1) is 35.0 Å². The number of benzene rings is 5. The normalized spacial score (nSPS) is 9.73. The third kappa shape index (κ3) is 20.6. The number of aryl methyl sites for hydroxylation is 1. The summed E-state index contributed by atoms with van der Waals surface area (Å²) >= 11 is 1.28. The number of carboxylic acid groups (broad SMARTS) is 2. The molecule has 56 heavy (non-hydrogen) atoms. The number of ether oxygens (including phenoxy) is 2. The second-order valence-electron chi connectivity index (χ2n) is 12.5. The number of carbonyl (C=O) groups is 4. The zero-order chi connectivity index (χ0) is 42.2. The van der Waals surface area contributed by atoms with Crippen molar-refractivity contribution in [1.29, 1.82) is 0 Å². The Morgan fingerprint density at radius 1 is 0.571 bits per heavy atom. The molecule has 0 aliphatic rings. The monoisotopic (exact) mass is 778 g/mol. The van der Waals surface area contributed by atoms with Gasteiger partial charge in [-0.2, -0.15) is 0 Å². The average molecular weight is 779 g/mol. The van der Waals surface area contributed by atoms with Gasteiger partial charge in [0, 0.05) is 0 Å². The van der Waals surface area contributed by atoms with Gasteiger partial charge in [-0.05, 0) is 123 Å². The molecule has 13 heteroatoms. The first-order valence-electron chi connectivity index (χ1n) is 17.5. The molecule has 0 heterocycles. The Morgan fingerprint density at radius 2 is 1.00 bits per heavy atom. The van der Waals surface area contributed by atoms with Gasteiger partial charge in [-0.15, -0.1) is 0 Å². The predicted molar refractivity (Wildman–Crippen MR) is 213 cm³/mol. The summed E-state index contributed by atoms with van der Waals surface area (Å²) in [7, 11) is 0. The SMILES string of the molecule is CC(C)COC(=O)c1ccc(O)cc1.CC(C)OC(=O)c1ccc(O)cc1.Cc1cc(O)ccc1C(=O)O.O=C(O)c1ccc(O)cc1.[Na][CH2]c1ccccc1. The molecule has 0 bridgehead atoms. The third-order valence-corrected chi connectivity index (χ3v) is 7.72. The first-order chi connectivity index (χ1) is 26.4. The fourth-order valence-electron chi connectivity index (χ4n) is 4.01. The second-order valence-corrected chi connectivity index (χ2v) is 13.2. The van der Waals surface area contributed by atoms with Crippen LogP contribution >= 0.6 is 0 Å². The number of carboxylic acids is 2. The van der Waals surface area contributed by atoms with Gasteiger partial charge in [-0.3, -0.25) is 0 Å². The van der Waals surface area contributed by atoms with E-state index in [1.165, 1.54) is 128 Å². The van der Waals surface area contributed by atoms with Crippen LogP contribution in [-0.4, -0.2) is 95.2 Å². The Kier molecular flexibility index (Phi) is 22.4. The number of esters is 2. The number of hydrogen-bond acceptors (Lipinski definition) is 10. The summed E-state index contributed by atoms with van der Waals surface area (Å²) in [6.07, 6.45) is -0.124. The van der Waals surface area contributed by atoms with Crippen LogP contribution in [0.3, 0.4) is 0 Å². The van der Waals surface area contributed by atoms with Gasteiger partial charge in [-0.1, -0.05) is 13.8 Å². The van der Waals surface area contributed by atoms with Crippen LogP contribution in [0.4, 0.5) is 0 Å². The van der Waals surface area contributed by atoms with Crippen LogP contribution in [-0.2, 0) is 13.1 Å². The van der Waals surface area contributed by atoms with Gasteiger partial charge in [0.25, 0.3) is 0 Å². The molecule has 0 spiro atoms. The Labute approximate surface area is 344 Å². The van der Waals surface area contributed by atoms with E-state index < -0.39 is 11.9 Å². The molecule has 0 aliphatic carbocycles. The molecule has 12 nitrogen and oxygen atoms in total. The number of carbonyl (C=O) groups excluding carboxylic acids is 2. The first kappa shape index (κ1) is 48.2. The van der Waals surface area contributed by atoms with E-state index in [2.05, 4.69) is 30.3 Å². The molecule has 292 valence electrons. The quantitative estimate of drug-likeness (QED) is 0.0654. The van der Waals surface area contributed by atoms with Crippen LogP contribution in [0.5, 0.6) is 23.0 Å². The van der Waals surface area contributed by atoms with Crippen molar-refractivity contribution < 1.29 is 59.3 Å². The molecule has 6 N–H and O–H groups in total. The predicted octanol–water partition coefficient (Wildman–Crippen LogP) is 8.01. The summed E-state index contributed by atoms with van der Waals surface area (Å²) in [6, 6.07) is 32.1. The third-order valence-electron chi connectivity index (χ3n) is 6.90. The minimum absolute atomic E-state index is 0.0741. The zero-order valence-corrected chi connectivity index (χ0v) is 34.2. The number of aromatic carboxylic acids is 2. The van der Waals surface area contributed by atoms with Crippen molar-refractivity contribution in [3.63, 3.8) is 0 Å². The number of phenols is 4. The van der Waals surface area contributed by atoms with E-state index in [4.69, 9.17) is 40.1 Å². The summed E-state index contributed by atoms with van der Waals surface area (Å²) in [6.45, 7) is 9.59. The molecule has 5 aromatic carbocycles. The molecule has 0 radical (unpaired) electrons. The van der Waals surface area contributed by atoms with Gasteiger partial charge in [-0.25, -0.2) is 19.2 Å². The van der Waals surface area contributed by atoms with Crippen molar-refractivity contribution in [3.05, 3.63) is 155 Å². The van der Waals surface area contributed by atoms with E-state index in [0.29, 0.717) is 29.2 Å². The molecule has 0 unspecified atom stereocenters. The summed E-state index contributed by atoms with van der Waals surface area (Å²) < 4.78 is 11.2. The second kappa shape index (κ2) is 26.1. The number of aromatic hydroxyl groups is 4. The summed E-state index contributed by atoms with van der Waals surface area (Å²) in [5, 5.41) is 52.6. The molecule has 0 aliphatic heterocycles. The van der Waals surface area contributed by atoms with E-state index in [1.807, 2.05) is 13.8 Å². The molecule has 0 fully saturated rings. The molecule has 0 saturated carbocycles. The summed E-state index contributed by atoms with van der Waals surface area (Å²) in [5.74, 6) is -1.89. The minimum atomic E-state index is -0.986. The van der Waals surface area contributed by atoms with Crippen LogP contribution in [0.15, 0.2) is 121 Å². The van der Waals surface area contributed by atoms with Crippen LogP contribution in [0.2, 0.25) is 0 Å². The molecular formula is C43H47NaO12. The molecule has 0 aromatic heterocycles. The molecule has 0 saturated heterocycles. The van der Waals surface area contributed by atoms with E-state index in [0.717, 1.165) is 0 Å². The summed E-state index contributed by atoms with van der Waals surface area (Å²) in [4.78, 5) is 43.3. The van der Waals surface area contributed by atoms with E-state index >= 15 is 0 Å². The number of hydrogen-bond donors (Lipinski definition) is 6. The molecule has 0 amide bonds. The Morgan fingerprint density at radius 3 is 1.36 bits per heavy atom. The maximum absolute atomic E-state index is 11.4. The van der Waals surface area contributed by atoms with E-state index in [-0.39, 0.29) is 52.2 Å². The van der Waals surface area contributed by atoms with E-state index in [9.17, 15) is 19.2 Å². The first-order valence-corrected chi connectivity index (χ1v) is 18.9. The van der Waals surface area contributed by atoms with Crippen LogP contribution in [0.1, 0.15) is 80.3 Å². The fraction of sp³-hybridized carbons (Fsp3) is 0.209. The van der Waals surface area contributed by atoms with Gasteiger partial charge < -0.3 is 40.1 Å². The van der Waals surface area contributed by atoms with Crippen molar-refractivity contribution in [1.82, 2.24) is 0 Å². The van der Waals surface area contributed by atoms with Crippen LogP contribution < -0.4 is 0 Å². The number of phenolic OH excluding ortho intramolecular Hbond substituents is 4. The van der Waals surface area contributed by atoms with E-state index in [1.54, 1.807) is 20.8 Å². The molecule has 0 atom stereocenters. The molecule has 5 aromatic rings. The van der Waals surface area contributed by atoms with Crippen LogP contribution in [0, 0.1) is 12.8 Å². The number of rotatable bonds is 8. The fourth-order valence-corrected chi connectivity index (χ4v) is 4.48. The Balaban J connectivity index is 0.000000354. The van der Waals surface area contributed by atoms with Crippen molar-refractivity contribution in [3.8, 4) is 23.0 Å². The van der Waals surface area contributed by atoms with Crippen molar-refractivity contribution in [2.24, 2.45) is 5.92 Å². The molecule has 5 rings (SSSR count). The van der Waals surface area contributed by atoms with Crippen molar-refractivity contribution in [2.45, 2.75) is 44.4 Å².